The van der Waals surface area contributed by atoms with Gasteiger partial charge in [-0.15, -0.1) is 0 Å². The summed E-state index contributed by atoms with van der Waals surface area (Å²) in [6, 6.07) is 3.60. The fourth-order valence-corrected chi connectivity index (χ4v) is 8.09. The number of imidazole rings is 1. The van der Waals surface area contributed by atoms with Crippen LogP contribution in [0, 0.1) is 31.6 Å². The van der Waals surface area contributed by atoms with Crippen molar-refractivity contribution in [2.24, 2.45) is 17.8 Å². The van der Waals surface area contributed by atoms with E-state index in [1.54, 1.807) is 43.5 Å². The highest BCUT2D eigenvalue weighted by Gasteiger charge is 2.50. The van der Waals surface area contributed by atoms with E-state index in [-0.39, 0.29) is 49.9 Å². The normalized spacial score (nSPS) is 31.8. The Balaban J connectivity index is 1.59. The van der Waals surface area contributed by atoms with Gasteiger partial charge in [-0.25, -0.2) is 4.98 Å². The van der Waals surface area contributed by atoms with Crippen molar-refractivity contribution in [1.82, 2.24) is 9.38 Å². The molecule has 0 radical (unpaired) electrons. The largest absolute Gasteiger partial charge is 0.507 e. The van der Waals surface area contributed by atoms with Crippen LogP contribution in [0.5, 0.6) is 17.2 Å². The number of carbonyl (C=O) groups is 3. The van der Waals surface area contributed by atoms with Gasteiger partial charge < -0.3 is 49.8 Å². The quantitative estimate of drug-likeness (QED) is 0.113. The summed E-state index contributed by atoms with van der Waals surface area (Å²) in [7, 11) is 1.41. The van der Waals surface area contributed by atoms with Gasteiger partial charge in [-0.05, 0) is 51.5 Å². The van der Waals surface area contributed by atoms with Crippen LogP contribution < -0.4 is 10.1 Å². The molecule has 0 aliphatic carbocycles. The Morgan fingerprint density at radius 3 is 2.34 bits per heavy atom. The molecule has 15 nitrogen and oxygen atoms in total. The number of ether oxygens (including phenoxy) is 4. The maximum Gasteiger partial charge on any atom is 0.312 e. The number of phenols is 2. The van der Waals surface area contributed by atoms with E-state index in [0.29, 0.717) is 5.65 Å². The van der Waals surface area contributed by atoms with Crippen LogP contribution in [-0.4, -0.2) is 95.5 Å². The van der Waals surface area contributed by atoms with Gasteiger partial charge in [0.2, 0.25) is 0 Å². The van der Waals surface area contributed by atoms with E-state index in [4.69, 9.17) is 23.9 Å². The smallest absolute Gasteiger partial charge is 0.312 e. The number of rotatable bonds is 2. The minimum Gasteiger partial charge on any atom is -0.507 e. The average molecular weight is 802 g/mol. The number of phenolic OH excluding ortho intramolecular Hbond substituents is 2. The summed E-state index contributed by atoms with van der Waals surface area (Å²) < 4.78 is 25.3. The topological polar surface area (TPSA) is 219 Å². The predicted octanol–water partition coefficient (Wildman–Crippen LogP) is 5.27. The Morgan fingerprint density at radius 2 is 1.69 bits per heavy atom. The second kappa shape index (κ2) is 15.4. The number of hydrogen-bond acceptors (Lipinski definition) is 13. The Kier molecular flexibility index (Phi) is 11.2. The molecule has 4 heterocycles. The molecule has 0 spiro atoms. The third kappa shape index (κ3) is 6.95. The standard InChI is InChI=1S/C43H51N3O12/c1-19-14-16-46-27(18-19)44-31-28-29-34(48)23(5)37-30(28)40(52)43(9,58-37)56-17-15-26(55-10)22(4)36(57-25(7)47)24(6)39(51)42(8,54)38(50)20(2)12-11-13-21(3)41(53)45-32(33(31)46)35(29)49/h11-18,20,22,24,26,36,38-39,48-51,54H,1-10H3,(H,45,53)/b12-11+,17-15+,21-13-/t20-,22+,24-,26-,36+,38-,39-,42?,43-/m0/s1. The van der Waals surface area contributed by atoms with Crippen LogP contribution in [0.3, 0.4) is 0 Å². The van der Waals surface area contributed by atoms with Crippen LogP contribution in [0.2, 0.25) is 0 Å². The van der Waals surface area contributed by atoms with Crippen molar-refractivity contribution in [2.45, 2.75) is 98.1 Å². The number of Topliss-reactive ketones (excluding diaryl/α,β-unsaturated/α-hetero) is 1. The van der Waals surface area contributed by atoms with Crippen LogP contribution >= 0.6 is 0 Å². The van der Waals surface area contributed by atoms with Crippen molar-refractivity contribution in [3.8, 4) is 17.2 Å². The maximum absolute atomic E-state index is 14.6. The highest BCUT2D eigenvalue weighted by molar-refractivity contribution is 6.28. The molecule has 1 amide bonds. The number of pyridine rings is 1. The number of hydrogen-bond donors (Lipinski definition) is 6. The summed E-state index contributed by atoms with van der Waals surface area (Å²) in [6.45, 7) is 13.7. The third-order valence-corrected chi connectivity index (χ3v) is 11.6. The average Bonchev–Trinajstić information content (AvgIpc) is 3.67. The molecule has 1 unspecified atom stereocenters. The molecule has 6 rings (SSSR count). The summed E-state index contributed by atoms with van der Waals surface area (Å²) in [5.74, 6) is -7.26. The zero-order valence-corrected chi connectivity index (χ0v) is 34.1. The van der Waals surface area contributed by atoms with Gasteiger partial charge in [0.05, 0.1) is 35.5 Å². The number of aliphatic hydroxyl groups excluding tert-OH is 2. The molecule has 4 bridgehead atoms. The van der Waals surface area contributed by atoms with Crippen LogP contribution in [0.15, 0.2) is 54.5 Å². The molecular formula is C43H51N3O12. The summed E-state index contributed by atoms with van der Waals surface area (Å²) in [5, 5.41) is 60.9. The van der Waals surface area contributed by atoms with Crippen molar-refractivity contribution in [2.75, 3.05) is 12.4 Å². The van der Waals surface area contributed by atoms with Gasteiger partial charge in [0, 0.05) is 61.4 Å². The van der Waals surface area contributed by atoms with E-state index in [9.17, 15) is 39.9 Å². The number of aromatic nitrogens is 2. The van der Waals surface area contributed by atoms with Crippen molar-refractivity contribution in [3.05, 3.63) is 71.2 Å². The molecule has 2 aromatic carbocycles. The number of fused-ring (bicyclic) bond motifs is 2. The molecule has 15 heteroatoms. The first-order chi connectivity index (χ1) is 27.2. The number of esters is 1. The first-order valence-electron chi connectivity index (χ1n) is 19.0. The molecule has 4 aromatic rings. The lowest BCUT2D eigenvalue weighted by atomic mass is 9.75. The number of methoxy groups -OCH3 is 1. The van der Waals surface area contributed by atoms with Crippen LogP contribution in [0.4, 0.5) is 5.69 Å². The molecule has 310 valence electrons. The first-order valence-corrected chi connectivity index (χ1v) is 19.0. The number of allylic oxidation sites excluding steroid dienone is 2. The van der Waals surface area contributed by atoms with Crippen molar-refractivity contribution >= 4 is 50.8 Å². The lowest BCUT2D eigenvalue weighted by Gasteiger charge is -2.42. The highest BCUT2D eigenvalue weighted by Crippen LogP contribution is 2.54. The Hall–Kier alpha value is -5.48. The van der Waals surface area contributed by atoms with Crippen LogP contribution in [0.1, 0.15) is 70.0 Å². The number of ketones is 1. The number of aryl methyl sites for hydroxylation is 1. The number of benzene rings is 2. The summed E-state index contributed by atoms with van der Waals surface area (Å²) >= 11 is 0. The fourth-order valence-electron chi connectivity index (χ4n) is 8.09. The zero-order chi connectivity index (χ0) is 42.8. The van der Waals surface area contributed by atoms with Gasteiger partial charge in [-0.1, -0.05) is 39.0 Å². The van der Waals surface area contributed by atoms with Gasteiger partial charge >= 0.3 is 11.8 Å². The Morgan fingerprint density at radius 1 is 1.00 bits per heavy atom. The number of nitrogens with zero attached hydrogens (tertiary/aromatic N) is 2. The van der Waals surface area contributed by atoms with E-state index in [1.165, 1.54) is 66.2 Å². The van der Waals surface area contributed by atoms with Gasteiger partial charge in [0.1, 0.15) is 45.6 Å². The number of carbonyl (C=O) groups excluding carboxylic acids is 3. The lowest BCUT2D eigenvalue weighted by Crippen LogP contribution is -2.57. The molecule has 2 aliphatic heterocycles. The Labute approximate surface area is 335 Å². The Bertz CT molecular complexity index is 2430. The van der Waals surface area contributed by atoms with Gasteiger partial charge in [-0.2, -0.15) is 0 Å². The minimum absolute atomic E-state index is 0.00516. The van der Waals surface area contributed by atoms with Gasteiger partial charge in [-0.3, -0.25) is 18.8 Å². The molecular weight excluding hydrogens is 750 g/mol. The molecule has 2 aliphatic rings. The molecule has 0 fully saturated rings. The van der Waals surface area contributed by atoms with E-state index in [0.717, 1.165) is 5.56 Å². The molecule has 58 heavy (non-hydrogen) atoms. The van der Waals surface area contributed by atoms with Crippen molar-refractivity contribution < 1.29 is 58.9 Å². The second-order valence-corrected chi connectivity index (χ2v) is 15.9. The molecule has 6 N–H and O–H groups in total. The van der Waals surface area contributed by atoms with Crippen molar-refractivity contribution in [1.29, 1.82) is 0 Å². The molecule has 0 saturated carbocycles. The summed E-state index contributed by atoms with van der Waals surface area (Å²) in [6.07, 6.45) is 3.88. The highest BCUT2D eigenvalue weighted by atomic mass is 16.7. The zero-order valence-electron chi connectivity index (χ0n) is 34.1. The second-order valence-electron chi connectivity index (χ2n) is 15.9. The molecule has 0 saturated heterocycles. The number of amides is 1. The fraction of sp³-hybridized carbons (Fsp3) is 0.442. The molecule has 2 aromatic heterocycles. The first kappa shape index (κ1) is 42.1. The van der Waals surface area contributed by atoms with Gasteiger partial charge in [0.15, 0.2) is 5.75 Å². The number of anilines is 1. The molecule has 9 atom stereocenters. The number of nitrogens with one attached hydrogen (secondary N) is 1. The third-order valence-electron chi connectivity index (χ3n) is 11.6. The lowest BCUT2D eigenvalue weighted by molar-refractivity contribution is -0.187. The number of aliphatic hydroxyl groups is 3. The van der Waals surface area contributed by atoms with Crippen LogP contribution in [0.25, 0.3) is 27.5 Å². The monoisotopic (exact) mass is 801 g/mol. The SMILES string of the molecule is CO[C@H]1/C=C/O[C@@]2(C)Oc3c(C)c(O)c4c(O)c(c5c(nc6cc(C)ccn65)c4c3C2=O)NC(=O)/C(C)=C\C=C\[C@H](C)[C@H](O)C(C)(O)[C@@H](O)[C@@H](C)[C@H](OC(C)=O)[C@@H]1C. The van der Waals surface area contributed by atoms with E-state index >= 15 is 0 Å². The number of aromatic hydroxyl groups is 2. The van der Waals surface area contributed by atoms with E-state index < -0.39 is 82.7 Å². The summed E-state index contributed by atoms with van der Waals surface area (Å²) in [5.41, 5.74) is -0.178. The van der Waals surface area contributed by atoms with E-state index in [1.807, 2.05) is 13.0 Å². The summed E-state index contributed by atoms with van der Waals surface area (Å²) in [4.78, 5) is 45.6. The van der Waals surface area contributed by atoms with Gasteiger partial charge in [0.25, 0.3) is 11.7 Å². The van der Waals surface area contributed by atoms with Crippen molar-refractivity contribution in [3.63, 3.8) is 0 Å². The van der Waals surface area contributed by atoms with E-state index in [2.05, 4.69) is 5.32 Å². The maximum atomic E-state index is 14.6. The van der Waals surface area contributed by atoms with Crippen LogP contribution in [-0.2, 0) is 23.8 Å². The predicted molar refractivity (Wildman–Crippen MR) is 215 cm³/mol. The minimum atomic E-state index is -2.12.